The number of aliphatic hydroxyl groups is 1. The van der Waals surface area contributed by atoms with E-state index in [0.717, 1.165) is 51.4 Å². The fourth-order valence-corrected chi connectivity index (χ4v) is 4.17. The van der Waals surface area contributed by atoms with Crippen LogP contribution in [-0.2, 0) is 11.3 Å². The summed E-state index contributed by atoms with van der Waals surface area (Å²) in [5.74, 6) is 0. The van der Waals surface area contributed by atoms with Crippen molar-refractivity contribution in [3.63, 3.8) is 0 Å². The molecule has 0 aromatic heterocycles. The molecule has 1 aliphatic heterocycles. The van der Waals surface area contributed by atoms with Gasteiger partial charge in [0.1, 0.15) is 6.29 Å². The molecule has 0 amide bonds. The Morgan fingerprint density at radius 2 is 1.69 bits per heavy atom. The number of carbonyl (C=O) groups is 1. The van der Waals surface area contributed by atoms with Gasteiger partial charge in [0, 0.05) is 51.1 Å². The van der Waals surface area contributed by atoms with E-state index in [4.69, 9.17) is 5.11 Å². The van der Waals surface area contributed by atoms with E-state index in [1.165, 1.54) is 5.57 Å². The van der Waals surface area contributed by atoms with Crippen LogP contribution in [-0.4, -0.2) is 71.5 Å². The molecule has 1 atom stereocenters. The highest BCUT2D eigenvalue weighted by atomic mass is 16.6. The summed E-state index contributed by atoms with van der Waals surface area (Å²) < 4.78 is 0. The van der Waals surface area contributed by atoms with Gasteiger partial charge in [-0.05, 0) is 24.0 Å². The maximum Gasteiger partial charge on any atom is 0.247 e. The minimum atomic E-state index is -1.12. The van der Waals surface area contributed by atoms with E-state index in [2.05, 4.69) is 40.2 Å². The van der Waals surface area contributed by atoms with Crippen molar-refractivity contribution < 1.29 is 14.8 Å². The number of carbonyl (C=O) groups excluding carboxylic acids is 1. The summed E-state index contributed by atoms with van der Waals surface area (Å²) >= 11 is 0. The summed E-state index contributed by atoms with van der Waals surface area (Å²) in [6.07, 6.45) is 9.92. The summed E-state index contributed by atoms with van der Waals surface area (Å²) in [5.41, 5.74) is 1.27. The molecule has 1 aromatic rings. The third-order valence-corrected chi connectivity index (χ3v) is 5.61. The Hall–Kier alpha value is -2.35. The van der Waals surface area contributed by atoms with E-state index in [1.807, 2.05) is 32.0 Å². The molecule has 2 aliphatic rings. The first kappa shape index (κ1) is 27.7. The number of rotatable bonds is 8. The summed E-state index contributed by atoms with van der Waals surface area (Å²) in [7, 11) is 1.00. The zero-order valence-corrected chi connectivity index (χ0v) is 19.8. The lowest BCUT2D eigenvalue weighted by Crippen LogP contribution is -2.53. The Labute approximate surface area is 192 Å². The lowest BCUT2D eigenvalue weighted by Gasteiger charge is -2.30. The molecule has 0 saturated carbocycles. The van der Waals surface area contributed by atoms with Crippen molar-refractivity contribution >= 4 is 6.29 Å². The molecular weight excluding hydrogens is 406 g/mol. The number of aldehydes is 1. The van der Waals surface area contributed by atoms with Crippen molar-refractivity contribution in [2.24, 2.45) is 0 Å². The lowest BCUT2D eigenvalue weighted by atomic mass is 9.92. The zero-order valence-electron chi connectivity index (χ0n) is 19.8. The average molecular weight is 446 g/mol. The molecule has 1 N–H and O–H groups in total. The van der Waals surface area contributed by atoms with Gasteiger partial charge in [0.05, 0.1) is 13.1 Å². The summed E-state index contributed by atoms with van der Waals surface area (Å²) in [5, 5.41) is 19.2. The van der Waals surface area contributed by atoms with Crippen molar-refractivity contribution in [1.82, 2.24) is 9.80 Å². The second-order valence-corrected chi connectivity index (χ2v) is 7.85. The van der Waals surface area contributed by atoms with Gasteiger partial charge in [0.2, 0.25) is 5.54 Å². The average Bonchev–Trinajstić information content (AvgIpc) is 3.01. The number of nitro groups is 1. The van der Waals surface area contributed by atoms with Crippen molar-refractivity contribution in [2.75, 3.05) is 39.8 Å². The molecule has 1 heterocycles. The number of aliphatic hydroxyl groups excluding tert-OH is 1. The van der Waals surface area contributed by atoms with Crippen LogP contribution >= 0.6 is 0 Å². The molecule has 3 rings (SSSR count). The second kappa shape index (κ2) is 15.5. The van der Waals surface area contributed by atoms with Crippen LogP contribution in [0.15, 0.2) is 54.1 Å². The highest BCUT2D eigenvalue weighted by molar-refractivity contribution is 5.49. The molecule has 1 aromatic carbocycles. The Kier molecular flexibility index (Phi) is 13.4. The molecule has 0 bridgehead atoms. The van der Waals surface area contributed by atoms with Gasteiger partial charge in [-0.2, -0.15) is 0 Å². The van der Waals surface area contributed by atoms with Gasteiger partial charge in [0.15, 0.2) is 0 Å². The van der Waals surface area contributed by atoms with Gasteiger partial charge < -0.3 is 9.90 Å². The van der Waals surface area contributed by atoms with Crippen molar-refractivity contribution in [3.05, 3.63) is 69.8 Å². The Morgan fingerprint density at radius 1 is 1.06 bits per heavy atom. The van der Waals surface area contributed by atoms with E-state index in [1.54, 1.807) is 0 Å². The van der Waals surface area contributed by atoms with Crippen LogP contribution in [0.4, 0.5) is 0 Å². The van der Waals surface area contributed by atoms with Gasteiger partial charge in [-0.25, -0.2) is 0 Å². The fraction of sp³-hybridized carbons (Fsp3) is 0.560. The van der Waals surface area contributed by atoms with Crippen LogP contribution in [0.1, 0.15) is 45.1 Å². The normalized spacial score (nSPS) is 21.2. The van der Waals surface area contributed by atoms with Crippen LogP contribution in [0.2, 0.25) is 0 Å². The van der Waals surface area contributed by atoms with Gasteiger partial charge in [0.25, 0.3) is 0 Å². The lowest BCUT2D eigenvalue weighted by molar-refractivity contribution is -0.571. The molecular formula is C25H39N3O4. The standard InChI is InChI=1S/C22H29N3O3.C2H6.CH4O/c26-15-7-12-22(25(27)28)18-23(16-20-8-3-1-4-9-20)13-14-24(19-22)17-21-10-5-2-6-11-21;2*1-2/h1,3-5,8-11,15H,2,6-7,12-14,16-19H2;1-2H3;2H,1H3. The van der Waals surface area contributed by atoms with Crippen molar-refractivity contribution in [2.45, 2.75) is 51.6 Å². The number of nitrogens with zero attached hydrogens (tertiary/aromatic N) is 3. The van der Waals surface area contributed by atoms with E-state index in [9.17, 15) is 14.9 Å². The summed E-state index contributed by atoms with van der Waals surface area (Å²) in [6, 6.07) is 10.1. The van der Waals surface area contributed by atoms with Gasteiger partial charge in [-0.15, -0.1) is 0 Å². The SMILES string of the molecule is CC.CO.O=CCCC1([N+](=O)[O-])CN(CC2=CCCC=C2)CCN(Cc2ccccc2)C1. The van der Waals surface area contributed by atoms with Crippen molar-refractivity contribution in [3.8, 4) is 0 Å². The second-order valence-electron chi connectivity index (χ2n) is 7.85. The van der Waals surface area contributed by atoms with Crippen molar-refractivity contribution in [1.29, 1.82) is 0 Å². The molecule has 7 heteroatoms. The van der Waals surface area contributed by atoms with Crippen LogP contribution in [0.5, 0.6) is 0 Å². The first-order chi connectivity index (χ1) is 15.6. The highest BCUT2D eigenvalue weighted by Crippen LogP contribution is 2.25. The van der Waals surface area contributed by atoms with Gasteiger partial charge >= 0.3 is 0 Å². The van der Waals surface area contributed by atoms with E-state index in [-0.39, 0.29) is 17.8 Å². The quantitative estimate of drug-likeness (QED) is 0.373. The van der Waals surface area contributed by atoms with Crippen LogP contribution in [0.25, 0.3) is 0 Å². The summed E-state index contributed by atoms with van der Waals surface area (Å²) in [6.45, 7) is 7.73. The van der Waals surface area contributed by atoms with Crippen LogP contribution in [0, 0.1) is 10.1 Å². The number of hydrogen-bond donors (Lipinski definition) is 1. The summed E-state index contributed by atoms with van der Waals surface area (Å²) in [4.78, 5) is 27.4. The third-order valence-electron chi connectivity index (χ3n) is 5.61. The van der Waals surface area contributed by atoms with E-state index < -0.39 is 5.54 Å². The molecule has 1 saturated heterocycles. The maximum absolute atomic E-state index is 12.2. The molecule has 32 heavy (non-hydrogen) atoms. The monoisotopic (exact) mass is 445 g/mol. The predicted octanol–water partition coefficient (Wildman–Crippen LogP) is 3.71. The third kappa shape index (κ3) is 8.65. The fourth-order valence-electron chi connectivity index (χ4n) is 4.17. The molecule has 178 valence electrons. The zero-order chi connectivity index (χ0) is 23.8. The number of hydrogen-bond acceptors (Lipinski definition) is 6. The Bertz CT molecular complexity index is 736. The van der Waals surface area contributed by atoms with E-state index >= 15 is 0 Å². The van der Waals surface area contributed by atoms with Gasteiger partial charge in [-0.1, -0.05) is 62.4 Å². The topological polar surface area (TPSA) is 86.9 Å². The minimum absolute atomic E-state index is 0.141. The Balaban J connectivity index is 0.00000121. The Morgan fingerprint density at radius 3 is 2.22 bits per heavy atom. The molecule has 0 spiro atoms. The molecule has 0 radical (unpaired) electrons. The molecule has 1 aliphatic carbocycles. The molecule has 1 unspecified atom stereocenters. The first-order valence-electron chi connectivity index (χ1n) is 11.5. The number of allylic oxidation sites excluding steroid dienone is 2. The highest BCUT2D eigenvalue weighted by Gasteiger charge is 2.47. The molecule has 7 nitrogen and oxygen atoms in total. The first-order valence-corrected chi connectivity index (χ1v) is 11.5. The smallest absolute Gasteiger partial charge is 0.247 e. The predicted molar refractivity (Wildman–Crippen MR) is 129 cm³/mol. The van der Waals surface area contributed by atoms with Crippen LogP contribution < -0.4 is 0 Å². The maximum atomic E-state index is 12.2. The van der Waals surface area contributed by atoms with Gasteiger partial charge in [-0.3, -0.25) is 19.9 Å². The number of benzene rings is 1. The minimum Gasteiger partial charge on any atom is -0.400 e. The van der Waals surface area contributed by atoms with E-state index in [0.29, 0.717) is 19.6 Å². The van der Waals surface area contributed by atoms with Crippen LogP contribution in [0.3, 0.4) is 0 Å². The largest absolute Gasteiger partial charge is 0.400 e. The molecule has 1 fully saturated rings.